The minimum atomic E-state index is -0.886. The molecule has 0 amide bonds. The molecule has 12 heteroatoms. The molecule has 0 saturated carbocycles. The number of nitrogens with zero attached hydrogens (tertiary/aromatic N) is 3. The summed E-state index contributed by atoms with van der Waals surface area (Å²) in [5, 5.41) is 1.08. The van der Waals surface area contributed by atoms with Gasteiger partial charge < -0.3 is 15.2 Å². The highest BCUT2D eigenvalue weighted by Gasteiger charge is 2.24. The molecule has 0 unspecified atom stereocenters. The third-order valence-electron chi connectivity index (χ3n) is 6.51. The van der Waals surface area contributed by atoms with E-state index in [-0.39, 0.29) is 18.1 Å². The van der Waals surface area contributed by atoms with Crippen LogP contribution in [0.2, 0.25) is 5.02 Å². The van der Waals surface area contributed by atoms with Gasteiger partial charge in [-0.05, 0) is 55.0 Å². The molecule has 0 atom stereocenters. The zero-order valence-corrected chi connectivity index (χ0v) is 22.4. The number of carbonyl (C=O) groups excluding carboxylic acids is 3. The van der Waals surface area contributed by atoms with Crippen LogP contribution in [0.25, 0.3) is 10.9 Å². The number of benzene rings is 2. The van der Waals surface area contributed by atoms with E-state index in [4.69, 9.17) is 26.8 Å². The zero-order valence-electron chi connectivity index (χ0n) is 21.6. The Bertz CT molecular complexity index is 1760. The maximum Gasteiger partial charge on any atom is 0.332 e. The summed E-state index contributed by atoms with van der Waals surface area (Å²) in [4.78, 5) is 63.5. The van der Waals surface area contributed by atoms with Crippen molar-refractivity contribution in [3.8, 4) is 5.75 Å². The lowest BCUT2D eigenvalue weighted by Crippen LogP contribution is -2.42. The molecule has 39 heavy (non-hydrogen) atoms. The Morgan fingerprint density at radius 3 is 2.31 bits per heavy atom. The Labute approximate surface area is 226 Å². The van der Waals surface area contributed by atoms with Crippen LogP contribution < -0.4 is 21.7 Å². The second-order valence-electron chi connectivity index (χ2n) is 8.82. The second-order valence-corrected chi connectivity index (χ2v) is 9.26. The standard InChI is InChI=1S/C27H25ClN4O7/c1-14-18(12-22(34)39-13-21(33)23-24(29)30(2)27(37)31(3)26(23)36)19-11-17(38-4)9-10-20(19)32(14)25(35)15-5-7-16(28)8-6-15/h5-11H,12-13,29H2,1-4H3. The van der Waals surface area contributed by atoms with Gasteiger partial charge in [-0.1, -0.05) is 11.6 Å². The summed E-state index contributed by atoms with van der Waals surface area (Å²) < 4.78 is 13.7. The first-order chi connectivity index (χ1) is 18.5. The van der Waals surface area contributed by atoms with Gasteiger partial charge in [-0.3, -0.25) is 32.9 Å². The van der Waals surface area contributed by atoms with E-state index < -0.39 is 35.2 Å². The summed E-state index contributed by atoms with van der Waals surface area (Å²) in [5.41, 5.74) is 5.73. The summed E-state index contributed by atoms with van der Waals surface area (Å²) in [6, 6.07) is 11.6. The molecule has 0 aliphatic heterocycles. The van der Waals surface area contributed by atoms with Gasteiger partial charge in [0.2, 0.25) is 5.78 Å². The number of ether oxygens (including phenoxy) is 2. The minimum absolute atomic E-state index is 0.273. The van der Waals surface area contributed by atoms with Gasteiger partial charge >= 0.3 is 11.7 Å². The van der Waals surface area contributed by atoms with Crippen molar-refractivity contribution in [1.82, 2.24) is 13.7 Å². The SMILES string of the molecule is COc1ccc2c(c1)c(CC(=O)OCC(=O)c1c(N)n(C)c(=O)n(C)c1=O)c(C)n2C(=O)c1ccc(Cl)cc1. The fourth-order valence-electron chi connectivity index (χ4n) is 4.33. The molecule has 0 spiro atoms. The Morgan fingerprint density at radius 2 is 1.67 bits per heavy atom. The maximum atomic E-state index is 13.4. The van der Waals surface area contributed by atoms with Gasteiger partial charge in [-0.15, -0.1) is 0 Å². The quantitative estimate of drug-likeness (QED) is 0.271. The van der Waals surface area contributed by atoms with E-state index >= 15 is 0 Å². The molecule has 0 bridgehead atoms. The summed E-state index contributed by atoms with van der Waals surface area (Å²) in [5.74, 6) is -1.75. The van der Waals surface area contributed by atoms with Crippen molar-refractivity contribution < 1.29 is 23.9 Å². The van der Waals surface area contributed by atoms with E-state index in [0.717, 1.165) is 9.13 Å². The number of Topliss-reactive ketones (excluding diaryl/α,β-unsaturated/α-hetero) is 1. The third-order valence-corrected chi connectivity index (χ3v) is 6.76. The Morgan fingerprint density at radius 1 is 1.00 bits per heavy atom. The van der Waals surface area contributed by atoms with Crippen LogP contribution in [0, 0.1) is 6.92 Å². The van der Waals surface area contributed by atoms with E-state index in [1.807, 2.05) is 0 Å². The fourth-order valence-corrected chi connectivity index (χ4v) is 4.46. The van der Waals surface area contributed by atoms with E-state index in [9.17, 15) is 24.0 Å². The lowest BCUT2D eigenvalue weighted by molar-refractivity contribution is -0.141. The number of anilines is 1. The van der Waals surface area contributed by atoms with Crippen molar-refractivity contribution in [3.63, 3.8) is 0 Å². The average Bonchev–Trinajstić information content (AvgIpc) is 3.19. The summed E-state index contributed by atoms with van der Waals surface area (Å²) in [6.45, 7) is 0.935. The predicted molar refractivity (Wildman–Crippen MR) is 145 cm³/mol. The van der Waals surface area contributed by atoms with Crippen LogP contribution in [0.4, 0.5) is 5.82 Å². The van der Waals surface area contributed by atoms with Crippen LogP contribution in [0.5, 0.6) is 5.75 Å². The lowest BCUT2D eigenvalue weighted by Gasteiger charge is -2.11. The van der Waals surface area contributed by atoms with E-state index in [1.165, 1.54) is 25.8 Å². The molecule has 0 aliphatic rings. The zero-order chi connectivity index (χ0) is 28.6. The second kappa shape index (κ2) is 10.6. The molecule has 2 N–H and O–H groups in total. The van der Waals surface area contributed by atoms with Crippen LogP contribution in [0.3, 0.4) is 0 Å². The number of nitrogen functional groups attached to an aromatic ring is 1. The van der Waals surface area contributed by atoms with Crippen LogP contribution in [0.15, 0.2) is 52.1 Å². The van der Waals surface area contributed by atoms with Gasteiger partial charge in [-0.2, -0.15) is 0 Å². The highest BCUT2D eigenvalue weighted by atomic mass is 35.5. The number of halogens is 1. The molecule has 0 saturated heterocycles. The fraction of sp³-hybridized carbons (Fsp3) is 0.222. The van der Waals surface area contributed by atoms with Gasteiger partial charge in [0.15, 0.2) is 6.61 Å². The predicted octanol–water partition coefficient (Wildman–Crippen LogP) is 2.25. The van der Waals surface area contributed by atoms with Gasteiger partial charge in [-0.25, -0.2) is 4.79 Å². The van der Waals surface area contributed by atoms with Crippen molar-refractivity contribution in [2.24, 2.45) is 14.1 Å². The number of hydrogen-bond donors (Lipinski definition) is 1. The highest BCUT2D eigenvalue weighted by Crippen LogP contribution is 2.31. The summed E-state index contributed by atoms with van der Waals surface area (Å²) >= 11 is 5.97. The number of aromatic nitrogens is 3. The molecule has 2 aromatic carbocycles. The van der Waals surface area contributed by atoms with E-state index in [1.54, 1.807) is 49.4 Å². The molecule has 4 rings (SSSR count). The van der Waals surface area contributed by atoms with Crippen molar-refractivity contribution >= 4 is 46.0 Å². The molecule has 202 valence electrons. The number of ketones is 1. The number of fused-ring (bicyclic) bond motifs is 1. The Hall–Kier alpha value is -4.64. The van der Waals surface area contributed by atoms with Crippen LogP contribution in [-0.4, -0.2) is 45.1 Å². The molecule has 4 aromatic rings. The van der Waals surface area contributed by atoms with Crippen molar-refractivity contribution in [2.45, 2.75) is 13.3 Å². The minimum Gasteiger partial charge on any atom is -0.497 e. The molecule has 0 fully saturated rings. The van der Waals surface area contributed by atoms with Crippen LogP contribution >= 0.6 is 11.6 Å². The first-order valence-corrected chi connectivity index (χ1v) is 12.1. The van der Waals surface area contributed by atoms with E-state index in [0.29, 0.717) is 38.5 Å². The normalized spacial score (nSPS) is 11.0. The average molecular weight is 553 g/mol. The first-order valence-electron chi connectivity index (χ1n) is 11.7. The monoisotopic (exact) mass is 552 g/mol. The van der Waals surface area contributed by atoms with Gasteiger partial charge in [0.25, 0.3) is 11.5 Å². The number of nitrogens with two attached hydrogens (primary N) is 1. The largest absolute Gasteiger partial charge is 0.497 e. The first kappa shape index (κ1) is 27.4. The summed E-state index contributed by atoms with van der Waals surface area (Å²) in [7, 11) is 4.03. The van der Waals surface area contributed by atoms with Gasteiger partial charge in [0.1, 0.15) is 17.1 Å². The highest BCUT2D eigenvalue weighted by molar-refractivity contribution is 6.30. The van der Waals surface area contributed by atoms with Crippen LogP contribution in [0.1, 0.15) is 32.0 Å². The maximum absolute atomic E-state index is 13.4. The van der Waals surface area contributed by atoms with Crippen molar-refractivity contribution in [1.29, 1.82) is 0 Å². The Balaban J connectivity index is 1.65. The van der Waals surface area contributed by atoms with Crippen molar-refractivity contribution in [3.05, 3.63) is 90.7 Å². The number of carbonyl (C=O) groups is 3. The number of rotatable bonds is 7. The molecule has 0 aliphatic carbocycles. The lowest BCUT2D eigenvalue weighted by atomic mass is 10.1. The third kappa shape index (κ3) is 4.96. The van der Waals surface area contributed by atoms with Crippen molar-refractivity contribution in [2.75, 3.05) is 19.5 Å². The number of esters is 1. The molecule has 2 aromatic heterocycles. The topological polar surface area (TPSA) is 145 Å². The molecular weight excluding hydrogens is 528 g/mol. The molecule has 0 radical (unpaired) electrons. The van der Waals surface area contributed by atoms with E-state index in [2.05, 4.69) is 0 Å². The molecule has 2 heterocycles. The smallest absolute Gasteiger partial charge is 0.332 e. The summed E-state index contributed by atoms with van der Waals surface area (Å²) in [6.07, 6.45) is -0.273. The Kier molecular flexibility index (Phi) is 7.46. The number of hydrogen-bond acceptors (Lipinski definition) is 8. The molecule has 11 nitrogen and oxygen atoms in total. The van der Waals surface area contributed by atoms with Gasteiger partial charge in [0.05, 0.1) is 19.0 Å². The van der Waals surface area contributed by atoms with Gasteiger partial charge in [0, 0.05) is 35.8 Å². The number of methoxy groups -OCH3 is 1. The van der Waals surface area contributed by atoms with Crippen LogP contribution in [-0.2, 0) is 30.0 Å². The molecular formula is C27H25ClN4O7.